The number of amidine groups is 1. The van der Waals surface area contributed by atoms with Gasteiger partial charge in [-0.05, 0) is 31.0 Å². The van der Waals surface area contributed by atoms with E-state index in [9.17, 15) is 13.2 Å². The van der Waals surface area contributed by atoms with Crippen molar-refractivity contribution in [3.8, 4) is 0 Å². The monoisotopic (exact) mass is 366 g/mol. The van der Waals surface area contributed by atoms with Crippen molar-refractivity contribution in [1.82, 2.24) is 0 Å². The standard InChI is InChI=1S/C17H22N2O3S2/c1-4-12(3)16(20)18-17-19(13-7-5-6-11(2)8-13)14-9-24(21,22)10-15(14)23-17/h5-8,12,14-15H,4,9-10H2,1-3H3/t12-,14-,15+/m1/s1. The van der Waals surface area contributed by atoms with E-state index < -0.39 is 9.84 Å². The van der Waals surface area contributed by atoms with Crippen LogP contribution in [-0.4, -0.2) is 42.3 Å². The summed E-state index contributed by atoms with van der Waals surface area (Å²) >= 11 is 1.42. The number of nitrogens with zero attached hydrogens (tertiary/aromatic N) is 2. The summed E-state index contributed by atoms with van der Waals surface area (Å²) in [5.41, 5.74) is 2.00. The van der Waals surface area contributed by atoms with E-state index in [0.717, 1.165) is 17.7 Å². The van der Waals surface area contributed by atoms with E-state index in [1.807, 2.05) is 49.9 Å². The number of thioether (sulfide) groups is 1. The van der Waals surface area contributed by atoms with Crippen molar-refractivity contribution in [2.45, 2.75) is 38.5 Å². The maximum Gasteiger partial charge on any atom is 0.250 e. The van der Waals surface area contributed by atoms with Gasteiger partial charge in [-0.1, -0.05) is 37.7 Å². The van der Waals surface area contributed by atoms with E-state index in [0.29, 0.717) is 5.17 Å². The Balaban J connectivity index is 2.00. The van der Waals surface area contributed by atoms with Crippen LogP contribution in [0.15, 0.2) is 29.3 Å². The van der Waals surface area contributed by atoms with Crippen molar-refractivity contribution in [3.63, 3.8) is 0 Å². The number of benzene rings is 1. The number of hydrogen-bond donors (Lipinski definition) is 0. The highest BCUT2D eigenvalue weighted by Crippen LogP contribution is 2.41. The number of carbonyl (C=O) groups excluding carboxylic acids is 1. The number of aryl methyl sites for hydroxylation is 1. The Bertz CT molecular complexity index is 789. The Hall–Kier alpha value is -1.34. The van der Waals surface area contributed by atoms with Gasteiger partial charge in [0.25, 0.3) is 5.91 Å². The van der Waals surface area contributed by atoms with Gasteiger partial charge in [-0.15, -0.1) is 0 Å². The van der Waals surface area contributed by atoms with Gasteiger partial charge in [0.05, 0.1) is 17.5 Å². The van der Waals surface area contributed by atoms with Crippen LogP contribution >= 0.6 is 11.8 Å². The summed E-state index contributed by atoms with van der Waals surface area (Å²) in [5, 5.41) is 0.579. The van der Waals surface area contributed by atoms with Crippen molar-refractivity contribution in [2.24, 2.45) is 10.9 Å². The van der Waals surface area contributed by atoms with Crippen molar-refractivity contribution in [1.29, 1.82) is 0 Å². The van der Waals surface area contributed by atoms with E-state index >= 15 is 0 Å². The Morgan fingerprint density at radius 3 is 2.83 bits per heavy atom. The first-order valence-electron chi connectivity index (χ1n) is 8.16. The summed E-state index contributed by atoms with van der Waals surface area (Å²) < 4.78 is 24.0. The largest absolute Gasteiger partial charge is 0.316 e. The van der Waals surface area contributed by atoms with Gasteiger partial charge in [-0.25, -0.2) is 8.42 Å². The van der Waals surface area contributed by atoms with Crippen molar-refractivity contribution >= 4 is 38.4 Å². The Morgan fingerprint density at radius 2 is 2.17 bits per heavy atom. The molecule has 0 N–H and O–H groups in total. The zero-order chi connectivity index (χ0) is 17.5. The van der Waals surface area contributed by atoms with Crippen LogP contribution in [0.5, 0.6) is 0 Å². The van der Waals surface area contributed by atoms with Gasteiger partial charge in [0, 0.05) is 16.9 Å². The predicted octanol–water partition coefficient (Wildman–Crippen LogP) is 2.64. The molecule has 24 heavy (non-hydrogen) atoms. The lowest BCUT2D eigenvalue weighted by Gasteiger charge is -2.25. The number of anilines is 1. The highest BCUT2D eigenvalue weighted by molar-refractivity contribution is 8.16. The number of rotatable bonds is 3. The van der Waals surface area contributed by atoms with Crippen LogP contribution in [0.4, 0.5) is 5.69 Å². The molecule has 2 heterocycles. The van der Waals surface area contributed by atoms with Gasteiger partial charge in [0.2, 0.25) is 0 Å². The third-order valence-corrected chi connectivity index (χ3v) is 7.80. The molecule has 2 aliphatic heterocycles. The van der Waals surface area contributed by atoms with Crippen LogP contribution < -0.4 is 4.90 Å². The lowest BCUT2D eigenvalue weighted by atomic mass is 10.1. The van der Waals surface area contributed by atoms with Gasteiger partial charge in [0.1, 0.15) is 0 Å². The molecule has 5 nitrogen and oxygen atoms in total. The summed E-state index contributed by atoms with van der Waals surface area (Å²) in [6, 6.07) is 7.75. The molecule has 130 valence electrons. The van der Waals surface area contributed by atoms with Crippen molar-refractivity contribution < 1.29 is 13.2 Å². The molecule has 0 radical (unpaired) electrons. The molecule has 1 amide bonds. The molecular formula is C17H22N2O3S2. The molecule has 0 bridgehead atoms. The molecule has 3 rings (SSSR count). The summed E-state index contributed by atoms with van der Waals surface area (Å²) in [4.78, 5) is 18.6. The summed E-state index contributed by atoms with van der Waals surface area (Å²) in [7, 11) is -3.03. The molecule has 0 unspecified atom stereocenters. The quantitative estimate of drug-likeness (QED) is 0.823. The fourth-order valence-corrected chi connectivity index (χ4v) is 6.94. The molecule has 2 aliphatic rings. The molecule has 2 fully saturated rings. The van der Waals surface area contributed by atoms with Crippen LogP contribution in [0.2, 0.25) is 0 Å². The van der Waals surface area contributed by atoms with Crippen LogP contribution in [0, 0.1) is 12.8 Å². The summed E-state index contributed by atoms with van der Waals surface area (Å²) in [5.74, 6) is 0.0122. The molecule has 0 saturated carbocycles. The van der Waals surface area contributed by atoms with E-state index in [4.69, 9.17) is 0 Å². The topological polar surface area (TPSA) is 66.8 Å². The third kappa shape index (κ3) is 3.37. The normalized spacial score (nSPS) is 28.1. The minimum absolute atomic E-state index is 0.0565. The first-order valence-corrected chi connectivity index (χ1v) is 10.9. The fourth-order valence-electron chi connectivity index (χ4n) is 3.02. The second-order valence-electron chi connectivity index (χ2n) is 6.55. The molecule has 2 saturated heterocycles. The van der Waals surface area contributed by atoms with Crippen LogP contribution in [-0.2, 0) is 14.6 Å². The zero-order valence-corrected chi connectivity index (χ0v) is 15.7. The number of fused-ring (bicyclic) bond motifs is 1. The van der Waals surface area contributed by atoms with Gasteiger partial charge >= 0.3 is 0 Å². The van der Waals surface area contributed by atoms with Crippen molar-refractivity contribution in [2.75, 3.05) is 16.4 Å². The molecule has 1 aromatic carbocycles. The molecule has 1 aromatic rings. The average molecular weight is 367 g/mol. The van der Waals surface area contributed by atoms with E-state index in [1.54, 1.807) is 0 Å². The average Bonchev–Trinajstić information content (AvgIpc) is 2.97. The van der Waals surface area contributed by atoms with Crippen LogP contribution in [0.25, 0.3) is 0 Å². The first kappa shape index (κ1) is 17.5. The SMILES string of the molecule is CC[C@@H](C)C(=O)N=C1S[C@H]2CS(=O)(=O)C[C@H]2N1c1cccc(C)c1. The second-order valence-corrected chi connectivity index (χ2v) is 9.91. The Labute approximate surface area is 147 Å². The number of amides is 1. The first-order chi connectivity index (χ1) is 11.3. The van der Waals surface area contributed by atoms with Crippen LogP contribution in [0.3, 0.4) is 0 Å². The second kappa shape index (κ2) is 6.52. The van der Waals surface area contributed by atoms with E-state index in [2.05, 4.69) is 4.99 Å². The number of carbonyl (C=O) groups is 1. The Kier molecular flexibility index (Phi) is 4.75. The molecule has 0 aromatic heterocycles. The maximum absolute atomic E-state index is 12.3. The fraction of sp³-hybridized carbons (Fsp3) is 0.529. The summed E-state index contributed by atoms with van der Waals surface area (Å²) in [6.45, 7) is 5.83. The van der Waals surface area contributed by atoms with E-state index in [-0.39, 0.29) is 34.6 Å². The molecular weight excluding hydrogens is 344 g/mol. The third-order valence-electron chi connectivity index (χ3n) is 4.59. The highest BCUT2D eigenvalue weighted by atomic mass is 32.2. The highest BCUT2D eigenvalue weighted by Gasteiger charge is 2.49. The van der Waals surface area contributed by atoms with Crippen LogP contribution in [0.1, 0.15) is 25.8 Å². The van der Waals surface area contributed by atoms with Gasteiger partial charge in [-0.2, -0.15) is 4.99 Å². The number of aliphatic imine (C=N–C) groups is 1. The minimum Gasteiger partial charge on any atom is -0.316 e. The molecule has 0 aliphatic carbocycles. The summed E-state index contributed by atoms with van der Waals surface area (Å²) in [6.07, 6.45) is 0.742. The van der Waals surface area contributed by atoms with Gasteiger partial charge < -0.3 is 4.90 Å². The number of sulfone groups is 1. The van der Waals surface area contributed by atoms with Gasteiger partial charge in [0.15, 0.2) is 15.0 Å². The van der Waals surface area contributed by atoms with Gasteiger partial charge in [-0.3, -0.25) is 4.79 Å². The Morgan fingerprint density at radius 1 is 1.42 bits per heavy atom. The van der Waals surface area contributed by atoms with Crippen molar-refractivity contribution in [3.05, 3.63) is 29.8 Å². The minimum atomic E-state index is -3.03. The predicted molar refractivity (Wildman–Crippen MR) is 99.4 cm³/mol. The zero-order valence-electron chi connectivity index (χ0n) is 14.1. The van der Waals surface area contributed by atoms with E-state index in [1.165, 1.54) is 11.8 Å². The lowest BCUT2D eigenvalue weighted by molar-refractivity contribution is -0.121. The maximum atomic E-state index is 12.3. The number of hydrogen-bond acceptors (Lipinski definition) is 4. The molecule has 7 heteroatoms. The lowest BCUT2D eigenvalue weighted by Crippen LogP contribution is -2.37. The smallest absolute Gasteiger partial charge is 0.250 e. The molecule has 3 atom stereocenters. The molecule has 0 spiro atoms.